The van der Waals surface area contributed by atoms with Crippen LogP contribution in [0.4, 0.5) is 0 Å². The van der Waals surface area contributed by atoms with Gasteiger partial charge in [0.25, 0.3) is 0 Å². The van der Waals surface area contributed by atoms with Crippen molar-refractivity contribution >= 4 is 38.9 Å². The predicted molar refractivity (Wildman–Crippen MR) is 87.1 cm³/mol. The topological polar surface area (TPSA) is 24.9 Å². The van der Waals surface area contributed by atoms with Gasteiger partial charge in [-0.05, 0) is 41.0 Å². The Hall–Kier alpha value is -0.420. The molecule has 2 rings (SSSR count). The Balaban J connectivity index is 2.44. The van der Waals surface area contributed by atoms with E-state index < -0.39 is 0 Å². The summed E-state index contributed by atoms with van der Waals surface area (Å²) in [6.45, 7) is 5.21. The van der Waals surface area contributed by atoms with Gasteiger partial charge in [0.05, 0.1) is 10.7 Å². The molecule has 0 aliphatic heterocycles. The summed E-state index contributed by atoms with van der Waals surface area (Å²) in [5.41, 5.74) is 2.28. The molecule has 2 nitrogen and oxygen atoms in total. The number of hydrogen-bond acceptors (Lipinski definition) is 3. The first-order valence-corrected chi connectivity index (χ1v) is 8.11. The van der Waals surface area contributed by atoms with Crippen LogP contribution in [-0.4, -0.2) is 12.0 Å². The molecule has 0 amide bonds. The number of aromatic nitrogens is 1. The molecular formula is C14H16BrClN2S. The van der Waals surface area contributed by atoms with Gasteiger partial charge in [-0.3, -0.25) is 0 Å². The first-order valence-electron chi connectivity index (χ1n) is 6.12. The minimum absolute atomic E-state index is 0.434. The second-order valence-corrected chi connectivity index (χ2v) is 6.99. The first kappa shape index (κ1) is 15.0. The van der Waals surface area contributed by atoms with E-state index in [9.17, 15) is 0 Å². The predicted octanol–water partition coefficient (Wildman–Crippen LogP) is 5.07. The molecule has 0 unspecified atom stereocenters. The lowest BCUT2D eigenvalue weighted by molar-refractivity contribution is 0.771. The van der Waals surface area contributed by atoms with Crippen LogP contribution in [0.2, 0.25) is 5.02 Å². The summed E-state index contributed by atoms with van der Waals surface area (Å²) in [7, 11) is 1.96. The molecule has 1 aromatic heterocycles. The van der Waals surface area contributed by atoms with E-state index in [4.69, 9.17) is 16.6 Å². The Morgan fingerprint density at radius 2 is 2.16 bits per heavy atom. The molecule has 0 saturated carbocycles. The van der Waals surface area contributed by atoms with E-state index in [1.54, 1.807) is 11.3 Å². The summed E-state index contributed by atoms with van der Waals surface area (Å²) in [4.78, 5) is 6.09. The first-order chi connectivity index (χ1) is 9.02. The molecule has 5 heteroatoms. The molecule has 2 aromatic rings. The van der Waals surface area contributed by atoms with Gasteiger partial charge >= 0.3 is 0 Å². The minimum atomic E-state index is 0.434. The Bertz CT molecular complexity index is 581. The van der Waals surface area contributed by atoms with Crippen molar-refractivity contribution in [2.45, 2.75) is 26.3 Å². The zero-order chi connectivity index (χ0) is 14.0. The van der Waals surface area contributed by atoms with Gasteiger partial charge in [0.1, 0.15) is 5.01 Å². The number of rotatable bonds is 4. The fourth-order valence-electron chi connectivity index (χ4n) is 1.85. The van der Waals surface area contributed by atoms with Crippen molar-refractivity contribution in [1.82, 2.24) is 10.3 Å². The highest BCUT2D eigenvalue weighted by Crippen LogP contribution is 2.34. The fraction of sp³-hybridized carbons (Fsp3) is 0.357. The Labute approximate surface area is 131 Å². The molecule has 0 aliphatic carbocycles. The lowest BCUT2D eigenvalue weighted by atomic mass is 10.1. The van der Waals surface area contributed by atoms with E-state index in [1.165, 1.54) is 10.6 Å². The molecule has 0 spiro atoms. The maximum atomic E-state index is 6.03. The number of benzene rings is 1. The van der Waals surface area contributed by atoms with E-state index in [1.807, 2.05) is 25.2 Å². The molecule has 1 N–H and O–H groups in total. The number of thiazole rings is 1. The van der Waals surface area contributed by atoms with Crippen LogP contribution in [0.25, 0.3) is 10.6 Å². The van der Waals surface area contributed by atoms with Crippen LogP contribution in [0.5, 0.6) is 0 Å². The molecule has 19 heavy (non-hydrogen) atoms. The zero-order valence-electron chi connectivity index (χ0n) is 11.1. The highest BCUT2D eigenvalue weighted by Gasteiger charge is 2.15. The van der Waals surface area contributed by atoms with Crippen LogP contribution >= 0.6 is 38.9 Å². The van der Waals surface area contributed by atoms with Crippen LogP contribution in [-0.2, 0) is 6.54 Å². The van der Waals surface area contributed by atoms with Gasteiger partial charge in [-0.15, -0.1) is 11.3 Å². The lowest BCUT2D eigenvalue weighted by Gasteiger charge is -2.03. The Morgan fingerprint density at radius 1 is 1.42 bits per heavy atom. The van der Waals surface area contributed by atoms with E-state index in [0.717, 1.165) is 26.6 Å². The van der Waals surface area contributed by atoms with Gasteiger partial charge < -0.3 is 5.32 Å². The zero-order valence-corrected chi connectivity index (χ0v) is 14.3. The Kier molecular flexibility index (Phi) is 5.01. The molecule has 0 radical (unpaired) electrons. The average Bonchev–Trinajstić information content (AvgIpc) is 2.77. The molecule has 0 atom stereocenters. The fourth-order valence-corrected chi connectivity index (χ4v) is 3.58. The summed E-state index contributed by atoms with van der Waals surface area (Å²) in [6, 6.07) is 5.93. The third-order valence-corrected chi connectivity index (χ3v) is 5.11. The molecule has 1 aromatic carbocycles. The van der Waals surface area contributed by atoms with Crippen LogP contribution < -0.4 is 5.32 Å². The van der Waals surface area contributed by atoms with Gasteiger partial charge in [0.15, 0.2) is 0 Å². The Morgan fingerprint density at radius 3 is 2.74 bits per heavy atom. The SMILES string of the molecule is CNCc1sc(-c2ccc(Cl)c(Br)c2)nc1C(C)C. The molecule has 1 heterocycles. The van der Waals surface area contributed by atoms with Gasteiger partial charge in [0.2, 0.25) is 0 Å². The number of nitrogens with zero attached hydrogens (tertiary/aromatic N) is 1. The van der Waals surface area contributed by atoms with Crippen LogP contribution in [0.15, 0.2) is 22.7 Å². The standard InChI is InChI=1S/C14H16BrClN2S/c1-8(2)13-12(7-17-3)19-14(18-13)9-4-5-11(16)10(15)6-9/h4-6,8,17H,7H2,1-3H3. The van der Waals surface area contributed by atoms with Crippen LogP contribution in [0.3, 0.4) is 0 Å². The van der Waals surface area contributed by atoms with Crippen LogP contribution in [0.1, 0.15) is 30.3 Å². The van der Waals surface area contributed by atoms with Gasteiger partial charge in [-0.1, -0.05) is 31.5 Å². The molecular weight excluding hydrogens is 344 g/mol. The number of nitrogens with one attached hydrogen (secondary N) is 1. The second-order valence-electron chi connectivity index (χ2n) is 4.64. The van der Waals surface area contributed by atoms with Crippen LogP contribution in [0, 0.1) is 0 Å². The third kappa shape index (κ3) is 3.37. The smallest absolute Gasteiger partial charge is 0.123 e. The van der Waals surface area contributed by atoms with Crippen molar-refractivity contribution in [3.05, 3.63) is 38.3 Å². The molecule has 102 valence electrons. The summed E-state index contributed by atoms with van der Waals surface area (Å²) in [5, 5.41) is 4.97. The minimum Gasteiger partial charge on any atom is -0.315 e. The van der Waals surface area contributed by atoms with Crippen molar-refractivity contribution in [2.24, 2.45) is 0 Å². The highest BCUT2D eigenvalue weighted by molar-refractivity contribution is 9.10. The van der Waals surface area contributed by atoms with Crippen molar-refractivity contribution in [2.75, 3.05) is 7.05 Å². The normalized spacial score (nSPS) is 11.3. The molecule has 0 saturated heterocycles. The van der Waals surface area contributed by atoms with E-state index in [-0.39, 0.29) is 0 Å². The van der Waals surface area contributed by atoms with E-state index in [2.05, 4.69) is 35.1 Å². The lowest BCUT2D eigenvalue weighted by Crippen LogP contribution is -2.06. The quantitative estimate of drug-likeness (QED) is 0.824. The van der Waals surface area contributed by atoms with Crippen molar-refractivity contribution in [3.8, 4) is 10.6 Å². The molecule has 0 aliphatic rings. The van der Waals surface area contributed by atoms with E-state index in [0.29, 0.717) is 5.92 Å². The van der Waals surface area contributed by atoms with Crippen molar-refractivity contribution in [3.63, 3.8) is 0 Å². The van der Waals surface area contributed by atoms with Gasteiger partial charge in [0, 0.05) is 21.5 Å². The largest absolute Gasteiger partial charge is 0.315 e. The highest BCUT2D eigenvalue weighted by atomic mass is 79.9. The summed E-state index contributed by atoms with van der Waals surface area (Å²) in [5.74, 6) is 0.434. The number of hydrogen-bond donors (Lipinski definition) is 1. The molecule has 0 fully saturated rings. The summed E-state index contributed by atoms with van der Waals surface area (Å²) in [6.07, 6.45) is 0. The van der Waals surface area contributed by atoms with Gasteiger partial charge in [-0.25, -0.2) is 4.98 Å². The van der Waals surface area contributed by atoms with Gasteiger partial charge in [-0.2, -0.15) is 0 Å². The van der Waals surface area contributed by atoms with Crippen molar-refractivity contribution in [1.29, 1.82) is 0 Å². The summed E-state index contributed by atoms with van der Waals surface area (Å²) < 4.78 is 0.906. The van der Waals surface area contributed by atoms with Crippen molar-refractivity contribution < 1.29 is 0 Å². The maximum Gasteiger partial charge on any atom is 0.123 e. The second kappa shape index (κ2) is 6.35. The van der Waals surface area contributed by atoms with E-state index >= 15 is 0 Å². The summed E-state index contributed by atoms with van der Waals surface area (Å²) >= 11 is 11.2. The number of halogens is 2. The average molecular weight is 360 g/mol. The third-order valence-electron chi connectivity index (χ3n) is 2.78. The monoisotopic (exact) mass is 358 g/mol. The maximum absolute atomic E-state index is 6.03. The molecule has 0 bridgehead atoms.